The number of nitrogens with zero attached hydrogens (tertiary/aromatic N) is 2. The number of unbranched alkanes of at least 4 members (excludes halogenated alkanes) is 14. The fraction of sp³-hybridized carbons (Fsp3) is 0.864. The number of rotatable bonds is 17. The summed E-state index contributed by atoms with van der Waals surface area (Å²) in [5.41, 5.74) is 0. The molecule has 0 aromatic carbocycles. The summed E-state index contributed by atoms with van der Waals surface area (Å²) in [7, 11) is 0. The molecule has 1 aliphatic rings. The third-order valence-corrected chi connectivity index (χ3v) is 4.99. The highest BCUT2D eigenvalue weighted by Crippen LogP contribution is 2.13. The first-order chi connectivity index (χ1) is 11.9. The number of hydrogen-bond acceptors (Lipinski definition) is 2. The minimum atomic E-state index is 0.979. The normalized spacial score (nSPS) is 14.3. The van der Waals surface area contributed by atoms with Crippen molar-refractivity contribution in [2.24, 2.45) is 4.99 Å². The van der Waals surface area contributed by atoms with Gasteiger partial charge < -0.3 is 4.90 Å². The van der Waals surface area contributed by atoms with Crippen molar-refractivity contribution in [3.8, 4) is 0 Å². The minimum absolute atomic E-state index is 0.979. The molecule has 0 saturated heterocycles. The Bertz CT molecular complexity index is 309. The fourth-order valence-corrected chi connectivity index (χ4v) is 3.34. The highest BCUT2D eigenvalue weighted by molar-refractivity contribution is 5.57. The lowest BCUT2D eigenvalue weighted by molar-refractivity contribution is 0.517. The Morgan fingerprint density at radius 1 is 0.750 bits per heavy atom. The summed E-state index contributed by atoms with van der Waals surface area (Å²) in [5.74, 6) is 0. The van der Waals surface area contributed by atoms with Crippen LogP contribution in [0.5, 0.6) is 0 Å². The van der Waals surface area contributed by atoms with Crippen molar-refractivity contribution >= 4 is 6.34 Å². The summed E-state index contributed by atoms with van der Waals surface area (Å²) in [6.07, 6.45) is 28.1. The quantitative estimate of drug-likeness (QED) is 0.212. The van der Waals surface area contributed by atoms with E-state index in [1.54, 1.807) is 0 Å². The molecule has 0 radical (unpaired) electrons. The molecule has 2 heteroatoms. The van der Waals surface area contributed by atoms with E-state index in [1.807, 2.05) is 6.34 Å². The van der Waals surface area contributed by atoms with Gasteiger partial charge in [-0.3, -0.25) is 4.99 Å². The molecule has 1 heterocycles. The third kappa shape index (κ3) is 13.6. The second-order valence-electron chi connectivity index (χ2n) is 7.37. The smallest absolute Gasteiger partial charge is 0.0854 e. The van der Waals surface area contributed by atoms with Crippen LogP contribution < -0.4 is 0 Å². The van der Waals surface area contributed by atoms with Crippen LogP contribution in [-0.2, 0) is 0 Å². The van der Waals surface area contributed by atoms with Gasteiger partial charge in [-0.05, 0) is 12.8 Å². The lowest BCUT2D eigenvalue weighted by atomic mass is 10.0. The van der Waals surface area contributed by atoms with Gasteiger partial charge in [0.25, 0.3) is 0 Å². The highest BCUT2D eigenvalue weighted by Gasteiger charge is 2.01. The van der Waals surface area contributed by atoms with Gasteiger partial charge in [-0.25, -0.2) is 0 Å². The summed E-state index contributed by atoms with van der Waals surface area (Å²) in [6, 6.07) is 0. The van der Waals surface area contributed by atoms with Crippen LogP contribution in [0.25, 0.3) is 0 Å². The Morgan fingerprint density at radius 3 is 1.79 bits per heavy atom. The van der Waals surface area contributed by atoms with Gasteiger partial charge in [0.2, 0.25) is 0 Å². The maximum absolute atomic E-state index is 4.23. The summed E-state index contributed by atoms with van der Waals surface area (Å²) in [5, 5.41) is 0. The van der Waals surface area contributed by atoms with Crippen LogP contribution in [0.1, 0.15) is 103 Å². The first-order valence-electron chi connectivity index (χ1n) is 10.8. The first-order valence-corrected chi connectivity index (χ1v) is 10.8. The molecule has 2 nitrogen and oxygen atoms in total. The predicted octanol–water partition coefficient (Wildman–Crippen LogP) is 6.76. The Kier molecular flexibility index (Phi) is 15.1. The van der Waals surface area contributed by atoms with E-state index in [0.717, 1.165) is 19.6 Å². The molecule has 0 atom stereocenters. The van der Waals surface area contributed by atoms with E-state index in [4.69, 9.17) is 0 Å². The van der Waals surface area contributed by atoms with Crippen molar-refractivity contribution < 1.29 is 0 Å². The van der Waals surface area contributed by atoms with Crippen molar-refractivity contribution in [1.29, 1.82) is 0 Å². The average molecular weight is 335 g/mol. The van der Waals surface area contributed by atoms with Crippen molar-refractivity contribution in [3.05, 3.63) is 12.2 Å². The number of aliphatic imine (C=N–C) groups is 1. The zero-order chi connectivity index (χ0) is 17.1. The highest BCUT2D eigenvalue weighted by atomic mass is 15.2. The van der Waals surface area contributed by atoms with Gasteiger partial charge in [0, 0.05) is 13.1 Å². The van der Waals surface area contributed by atoms with Crippen LogP contribution in [0.2, 0.25) is 0 Å². The standard InChI is InChI=1S/C22H42N2/c1-2-3-4-5-6-7-8-9-10-11-12-13-14-15-16-17-18-20-24-21-19-23-22-24/h17-18,22H,2-16,19-21H2,1H3. The second-order valence-corrected chi connectivity index (χ2v) is 7.37. The van der Waals surface area contributed by atoms with Gasteiger partial charge in [0.15, 0.2) is 0 Å². The first kappa shape index (κ1) is 21.3. The molecule has 0 saturated carbocycles. The molecular formula is C22H42N2. The summed E-state index contributed by atoms with van der Waals surface area (Å²) in [4.78, 5) is 6.51. The Morgan fingerprint density at radius 2 is 1.29 bits per heavy atom. The van der Waals surface area contributed by atoms with Crippen molar-refractivity contribution in [3.63, 3.8) is 0 Å². The summed E-state index contributed by atoms with van der Waals surface area (Å²) < 4.78 is 0. The van der Waals surface area contributed by atoms with Crippen molar-refractivity contribution in [1.82, 2.24) is 4.90 Å². The lowest BCUT2D eigenvalue weighted by Gasteiger charge is -2.09. The van der Waals surface area contributed by atoms with Crippen LogP contribution in [0.3, 0.4) is 0 Å². The number of allylic oxidation sites excluding steroid dienone is 1. The van der Waals surface area contributed by atoms with E-state index in [2.05, 4.69) is 29.0 Å². The molecule has 0 fully saturated rings. The fourth-order valence-electron chi connectivity index (χ4n) is 3.34. The van der Waals surface area contributed by atoms with E-state index in [-0.39, 0.29) is 0 Å². The topological polar surface area (TPSA) is 15.6 Å². The SMILES string of the molecule is CCCCCCCCCCCCCCCCC=CCN1C=NCC1. The van der Waals surface area contributed by atoms with Crippen LogP contribution in [0.4, 0.5) is 0 Å². The van der Waals surface area contributed by atoms with Crippen LogP contribution >= 0.6 is 0 Å². The molecule has 0 unspecified atom stereocenters. The van der Waals surface area contributed by atoms with Gasteiger partial charge in [-0.2, -0.15) is 0 Å². The van der Waals surface area contributed by atoms with Gasteiger partial charge in [-0.15, -0.1) is 0 Å². The largest absolute Gasteiger partial charge is 0.357 e. The monoisotopic (exact) mass is 334 g/mol. The molecule has 0 aromatic rings. The van der Waals surface area contributed by atoms with Crippen molar-refractivity contribution in [2.75, 3.05) is 19.6 Å². The Hall–Kier alpha value is -0.790. The Balaban J connectivity index is 1.68. The summed E-state index contributed by atoms with van der Waals surface area (Å²) in [6.45, 7) is 5.42. The van der Waals surface area contributed by atoms with Crippen molar-refractivity contribution in [2.45, 2.75) is 103 Å². The average Bonchev–Trinajstić information content (AvgIpc) is 3.11. The molecule has 0 spiro atoms. The molecule has 0 amide bonds. The van der Waals surface area contributed by atoms with E-state index >= 15 is 0 Å². The molecule has 24 heavy (non-hydrogen) atoms. The molecule has 0 bridgehead atoms. The van der Waals surface area contributed by atoms with Gasteiger partial charge >= 0.3 is 0 Å². The predicted molar refractivity (Wildman–Crippen MR) is 109 cm³/mol. The minimum Gasteiger partial charge on any atom is -0.357 e. The van der Waals surface area contributed by atoms with Gasteiger partial charge in [-0.1, -0.05) is 103 Å². The van der Waals surface area contributed by atoms with E-state index in [1.165, 1.54) is 96.3 Å². The Labute approximate surface area is 151 Å². The van der Waals surface area contributed by atoms with Crippen LogP contribution in [0, 0.1) is 0 Å². The number of hydrogen-bond donors (Lipinski definition) is 0. The molecule has 0 aliphatic carbocycles. The van der Waals surface area contributed by atoms with Gasteiger partial charge in [0.05, 0.1) is 12.9 Å². The van der Waals surface area contributed by atoms with E-state index < -0.39 is 0 Å². The van der Waals surface area contributed by atoms with Crippen LogP contribution in [0.15, 0.2) is 17.1 Å². The van der Waals surface area contributed by atoms with Gasteiger partial charge in [0.1, 0.15) is 0 Å². The molecule has 1 aliphatic heterocycles. The zero-order valence-electron chi connectivity index (χ0n) is 16.4. The molecule has 1 rings (SSSR count). The third-order valence-electron chi connectivity index (χ3n) is 4.99. The zero-order valence-corrected chi connectivity index (χ0v) is 16.4. The van der Waals surface area contributed by atoms with Crippen LogP contribution in [-0.4, -0.2) is 30.9 Å². The second kappa shape index (κ2) is 17.0. The van der Waals surface area contributed by atoms with E-state index in [9.17, 15) is 0 Å². The van der Waals surface area contributed by atoms with E-state index in [0.29, 0.717) is 0 Å². The summed E-state index contributed by atoms with van der Waals surface area (Å²) >= 11 is 0. The molecule has 140 valence electrons. The molecule has 0 N–H and O–H groups in total. The lowest BCUT2D eigenvalue weighted by Crippen LogP contribution is -2.19. The molecular weight excluding hydrogens is 292 g/mol. The maximum atomic E-state index is 4.23. The maximum Gasteiger partial charge on any atom is 0.0854 e. The molecule has 0 aromatic heterocycles.